The molecule has 10 nitrogen and oxygen atoms in total. The number of pyridine rings is 1. The highest BCUT2D eigenvalue weighted by Crippen LogP contribution is 2.45. The second-order valence-corrected chi connectivity index (χ2v) is 12.1. The summed E-state index contributed by atoms with van der Waals surface area (Å²) in [6.07, 6.45) is 3.83. The monoisotopic (exact) mass is 577 g/mol. The number of rotatable bonds is 6. The van der Waals surface area contributed by atoms with Crippen LogP contribution in [-0.4, -0.2) is 77.3 Å². The predicted octanol–water partition coefficient (Wildman–Crippen LogP) is 4.48. The maximum Gasteiger partial charge on any atom is 0.407 e. The third-order valence-electron chi connectivity index (χ3n) is 7.89. The molecule has 2 saturated heterocycles. The first-order valence-electron chi connectivity index (χ1n) is 14.5. The number of benzene rings is 2. The fourth-order valence-electron chi connectivity index (χ4n) is 5.94. The van der Waals surface area contributed by atoms with Gasteiger partial charge < -0.3 is 34.5 Å². The molecule has 4 heterocycles. The summed E-state index contributed by atoms with van der Waals surface area (Å²) in [5, 5.41) is 6.07. The Bertz CT molecular complexity index is 1610. The summed E-state index contributed by atoms with van der Waals surface area (Å²) in [6.45, 7) is 9.28. The normalized spacial score (nSPS) is 18.1. The van der Waals surface area contributed by atoms with Gasteiger partial charge in [-0.3, -0.25) is 9.59 Å². The number of para-hydroxylation sites is 2. The van der Waals surface area contributed by atoms with Gasteiger partial charge in [0.1, 0.15) is 22.4 Å². The number of aromatic nitrogens is 1. The highest BCUT2D eigenvalue weighted by Gasteiger charge is 2.33. The molecule has 6 rings (SSSR count). The largest absolute Gasteiger partial charge is 0.451 e. The summed E-state index contributed by atoms with van der Waals surface area (Å²) in [7, 11) is 0. The lowest BCUT2D eigenvalue weighted by molar-refractivity contribution is 0.0502. The molecular formula is C31H36FN5O5. The van der Waals surface area contributed by atoms with E-state index in [2.05, 4.69) is 15.5 Å². The summed E-state index contributed by atoms with van der Waals surface area (Å²) in [5.41, 5.74) is -0.0369. The molecule has 0 aliphatic carbocycles. The number of amides is 2. The second-order valence-electron chi connectivity index (χ2n) is 12.1. The van der Waals surface area contributed by atoms with Crippen molar-refractivity contribution in [2.24, 2.45) is 0 Å². The topological polar surface area (TPSA) is 105 Å². The van der Waals surface area contributed by atoms with E-state index < -0.39 is 28.8 Å². The van der Waals surface area contributed by atoms with Gasteiger partial charge in [0.25, 0.3) is 5.91 Å². The summed E-state index contributed by atoms with van der Waals surface area (Å²) in [4.78, 5) is 43.6. The van der Waals surface area contributed by atoms with Gasteiger partial charge in [0.15, 0.2) is 17.3 Å². The number of carbonyl (C=O) groups excluding carboxylic acids is 2. The Hall–Kier alpha value is -4.12. The van der Waals surface area contributed by atoms with Crippen LogP contribution in [0.15, 0.2) is 41.3 Å². The van der Waals surface area contributed by atoms with E-state index in [1.807, 2.05) is 18.2 Å². The predicted molar refractivity (Wildman–Crippen MR) is 157 cm³/mol. The van der Waals surface area contributed by atoms with Gasteiger partial charge in [0.05, 0.1) is 17.1 Å². The first-order chi connectivity index (χ1) is 20.1. The molecular weight excluding hydrogens is 541 g/mol. The molecule has 0 spiro atoms. The Kier molecular flexibility index (Phi) is 7.30. The molecule has 1 aromatic heterocycles. The van der Waals surface area contributed by atoms with Crippen LogP contribution in [0.4, 0.5) is 14.9 Å². The van der Waals surface area contributed by atoms with E-state index in [1.54, 1.807) is 31.4 Å². The van der Waals surface area contributed by atoms with Gasteiger partial charge in [0, 0.05) is 32.4 Å². The van der Waals surface area contributed by atoms with E-state index in [0.717, 1.165) is 19.6 Å². The fraction of sp³-hybridized carbons (Fsp3) is 0.452. The lowest BCUT2D eigenvalue weighted by Crippen LogP contribution is -2.41. The zero-order chi connectivity index (χ0) is 29.6. The molecule has 0 saturated carbocycles. The van der Waals surface area contributed by atoms with Crippen LogP contribution in [0.2, 0.25) is 0 Å². The molecule has 2 fully saturated rings. The minimum atomic E-state index is -0.642. The Morgan fingerprint density at radius 1 is 1.14 bits per heavy atom. The van der Waals surface area contributed by atoms with Gasteiger partial charge in [-0.15, -0.1) is 0 Å². The van der Waals surface area contributed by atoms with Crippen molar-refractivity contribution in [2.75, 3.05) is 44.6 Å². The van der Waals surface area contributed by atoms with Crippen molar-refractivity contribution in [1.29, 1.82) is 0 Å². The Morgan fingerprint density at radius 2 is 1.90 bits per heavy atom. The average molecular weight is 578 g/mol. The van der Waals surface area contributed by atoms with Crippen LogP contribution in [0.5, 0.6) is 11.5 Å². The molecule has 3 aromatic rings. The third-order valence-corrected chi connectivity index (χ3v) is 7.89. The van der Waals surface area contributed by atoms with Gasteiger partial charge >= 0.3 is 6.09 Å². The molecule has 11 heteroatoms. The number of nitrogens with one attached hydrogen (secondary N) is 2. The van der Waals surface area contributed by atoms with Crippen LogP contribution >= 0.6 is 0 Å². The summed E-state index contributed by atoms with van der Waals surface area (Å²) >= 11 is 0. The highest BCUT2D eigenvalue weighted by molar-refractivity contribution is 6.01. The van der Waals surface area contributed by atoms with Gasteiger partial charge in [0.2, 0.25) is 5.43 Å². The van der Waals surface area contributed by atoms with Gasteiger partial charge in [-0.2, -0.15) is 0 Å². The van der Waals surface area contributed by atoms with Gasteiger partial charge in [-0.25, -0.2) is 9.18 Å². The molecule has 0 radical (unpaired) electrons. The minimum Gasteiger partial charge on any atom is -0.451 e. The van der Waals surface area contributed by atoms with E-state index >= 15 is 4.39 Å². The quantitative estimate of drug-likeness (QED) is 0.348. The molecule has 3 aliphatic rings. The number of hydrogen-bond donors (Lipinski definition) is 2. The van der Waals surface area contributed by atoms with Crippen LogP contribution in [0.3, 0.4) is 0 Å². The van der Waals surface area contributed by atoms with Crippen LogP contribution in [0.1, 0.15) is 50.4 Å². The molecule has 0 bridgehead atoms. The molecule has 42 heavy (non-hydrogen) atoms. The number of likely N-dealkylation sites (tertiary alicyclic amines) is 2. The van der Waals surface area contributed by atoms with Crippen LogP contribution in [0, 0.1) is 5.82 Å². The smallest absolute Gasteiger partial charge is 0.407 e. The minimum absolute atomic E-state index is 0.0653. The van der Waals surface area contributed by atoms with Crippen molar-refractivity contribution in [3.63, 3.8) is 0 Å². The lowest BCUT2D eigenvalue weighted by Gasteiger charge is -2.27. The lowest BCUT2D eigenvalue weighted by atomic mass is 10.1. The standard InChI is InChI=1S/C31H36FN5O5/c1-31(2,3)42-30(40)34-19-10-14-36(17-19)29(39)21-18-37-23-8-4-5-9-24(23)41-28-25(33-11-15-35-12-6-7-13-35)22(32)16-20(26(28)37)27(21)38/h4-5,8-9,16,18-19,33H,6-7,10-15,17H2,1-3H3,(H,34,40). The maximum absolute atomic E-state index is 15.7. The number of fused-ring (bicyclic) bond motifs is 2. The molecule has 2 amide bonds. The van der Waals surface area contributed by atoms with Crippen molar-refractivity contribution in [3.05, 3.63) is 58.1 Å². The van der Waals surface area contributed by atoms with Gasteiger partial charge in [-0.05, 0) is 71.3 Å². The van der Waals surface area contributed by atoms with E-state index in [1.165, 1.54) is 30.0 Å². The van der Waals surface area contributed by atoms with Crippen LogP contribution < -0.4 is 20.8 Å². The second kappa shape index (κ2) is 10.9. The number of nitrogens with zero attached hydrogens (tertiary/aromatic N) is 3. The van der Waals surface area contributed by atoms with Crippen molar-refractivity contribution < 1.29 is 23.5 Å². The number of hydrogen-bond acceptors (Lipinski definition) is 7. The Labute approximate surface area is 243 Å². The number of halogens is 1. The fourth-order valence-corrected chi connectivity index (χ4v) is 5.94. The average Bonchev–Trinajstić information content (AvgIpc) is 3.62. The van der Waals surface area contributed by atoms with Crippen LogP contribution in [0.25, 0.3) is 16.6 Å². The van der Waals surface area contributed by atoms with Crippen LogP contribution in [-0.2, 0) is 4.74 Å². The molecule has 1 unspecified atom stereocenters. The van der Waals surface area contributed by atoms with Crippen molar-refractivity contribution in [1.82, 2.24) is 19.7 Å². The third kappa shape index (κ3) is 5.40. The molecule has 1 atom stereocenters. The zero-order valence-corrected chi connectivity index (χ0v) is 24.2. The van der Waals surface area contributed by atoms with Crippen molar-refractivity contribution in [3.8, 4) is 17.2 Å². The zero-order valence-electron chi connectivity index (χ0n) is 24.2. The molecule has 2 aromatic carbocycles. The Morgan fingerprint density at radius 3 is 2.67 bits per heavy atom. The Balaban J connectivity index is 1.33. The number of ether oxygens (including phenoxy) is 2. The van der Waals surface area contributed by atoms with E-state index in [-0.39, 0.29) is 35.0 Å². The van der Waals surface area contributed by atoms with E-state index in [0.29, 0.717) is 36.5 Å². The van der Waals surface area contributed by atoms with E-state index in [9.17, 15) is 14.4 Å². The first kappa shape index (κ1) is 28.0. The molecule has 2 N–H and O–H groups in total. The number of alkyl carbamates (subject to hydrolysis) is 1. The van der Waals surface area contributed by atoms with Crippen molar-refractivity contribution >= 4 is 28.6 Å². The summed E-state index contributed by atoms with van der Waals surface area (Å²) in [6, 6.07) is 8.15. The molecule has 222 valence electrons. The summed E-state index contributed by atoms with van der Waals surface area (Å²) in [5.74, 6) is -0.374. The molecule has 3 aliphatic heterocycles. The SMILES string of the molecule is CC(C)(C)OC(=O)NC1CCN(C(=O)c2cn3c4c(c(NCCN5CCCC5)c(F)cc4c2=O)Oc2ccccc2-3)C1. The maximum atomic E-state index is 15.7. The highest BCUT2D eigenvalue weighted by atomic mass is 19.1. The van der Waals surface area contributed by atoms with Crippen molar-refractivity contribution in [2.45, 2.75) is 51.7 Å². The number of anilines is 1. The van der Waals surface area contributed by atoms with E-state index in [4.69, 9.17) is 9.47 Å². The summed E-state index contributed by atoms with van der Waals surface area (Å²) < 4.78 is 28.9. The van der Waals surface area contributed by atoms with Gasteiger partial charge in [-0.1, -0.05) is 12.1 Å². The first-order valence-corrected chi connectivity index (χ1v) is 14.5. The number of carbonyl (C=O) groups is 2.